The summed E-state index contributed by atoms with van der Waals surface area (Å²) in [5.74, 6) is -0.0747. The number of ether oxygens (including phenoxy) is 1. The maximum atomic E-state index is 13.3. The van der Waals surface area contributed by atoms with Gasteiger partial charge in [0, 0.05) is 45.9 Å². The molecule has 30 heavy (non-hydrogen) atoms. The van der Waals surface area contributed by atoms with E-state index in [1.807, 2.05) is 24.3 Å². The van der Waals surface area contributed by atoms with Crippen molar-refractivity contribution in [2.75, 3.05) is 20.1 Å². The minimum absolute atomic E-state index is 0.0359. The second-order valence-corrected chi connectivity index (χ2v) is 8.19. The lowest BCUT2D eigenvalue weighted by Crippen LogP contribution is -2.45. The van der Waals surface area contributed by atoms with E-state index in [-0.39, 0.29) is 17.9 Å². The highest BCUT2D eigenvalue weighted by Crippen LogP contribution is 2.52. The molecule has 0 radical (unpaired) electrons. The van der Waals surface area contributed by atoms with E-state index in [0.29, 0.717) is 37.8 Å². The summed E-state index contributed by atoms with van der Waals surface area (Å²) in [7, 11) is 1.74. The number of pyridine rings is 1. The summed E-state index contributed by atoms with van der Waals surface area (Å²) in [5, 5.41) is 3.87. The summed E-state index contributed by atoms with van der Waals surface area (Å²) in [5.41, 5.74) is 0.242. The molecule has 5 rings (SSSR count). The van der Waals surface area contributed by atoms with Gasteiger partial charge in [-0.2, -0.15) is 4.98 Å². The van der Waals surface area contributed by atoms with Crippen LogP contribution in [0.1, 0.15) is 17.3 Å². The Morgan fingerprint density at radius 1 is 1.43 bits per heavy atom. The molecule has 2 saturated heterocycles. The minimum Gasteiger partial charge on any atom is -0.360 e. The molecule has 2 aromatic heterocycles. The van der Waals surface area contributed by atoms with E-state index in [4.69, 9.17) is 9.26 Å². The number of aryl methyl sites for hydroxylation is 1. The molecule has 0 aliphatic carbocycles. The number of amides is 2. The second-order valence-electron chi connectivity index (χ2n) is 8.19. The number of rotatable bonds is 6. The first kappa shape index (κ1) is 18.9. The van der Waals surface area contributed by atoms with Crippen LogP contribution in [-0.4, -0.2) is 68.6 Å². The number of likely N-dealkylation sites (tertiary alicyclic amines) is 1. The summed E-state index contributed by atoms with van der Waals surface area (Å²) in [6.45, 7) is 3.08. The molecule has 4 atom stereocenters. The number of aromatic nitrogens is 3. The van der Waals surface area contributed by atoms with E-state index in [1.165, 1.54) is 0 Å². The Morgan fingerprint density at radius 3 is 3.03 bits per heavy atom. The van der Waals surface area contributed by atoms with E-state index in [0.717, 1.165) is 5.56 Å². The van der Waals surface area contributed by atoms with Crippen LogP contribution in [-0.2, 0) is 27.3 Å². The van der Waals surface area contributed by atoms with Crippen molar-refractivity contribution in [3.8, 4) is 0 Å². The second kappa shape index (κ2) is 7.02. The zero-order chi connectivity index (χ0) is 20.9. The van der Waals surface area contributed by atoms with Gasteiger partial charge in [0.25, 0.3) is 0 Å². The normalized spacial score (nSPS) is 28.9. The van der Waals surface area contributed by atoms with Gasteiger partial charge in [0.05, 0.1) is 24.5 Å². The molecular weight excluding hydrogens is 386 g/mol. The van der Waals surface area contributed by atoms with Crippen LogP contribution in [0.5, 0.6) is 0 Å². The van der Waals surface area contributed by atoms with E-state index < -0.39 is 17.4 Å². The number of carbonyl (C=O) groups is 2. The number of nitrogens with zero attached hydrogens (tertiary/aromatic N) is 5. The average molecular weight is 409 g/mol. The maximum absolute atomic E-state index is 13.3. The third-order valence-corrected chi connectivity index (χ3v) is 6.18. The van der Waals surface area contributed by atoms with Crippen LogP contribution in [0.15, 0.2) is 41.2 Å². The van der Waals surface area contributed by atoms with Crippen molar-refractivity contribution in [2.24, 2.45) is 11.8 Å². The fourth-order valence-electron chi connectivity index (χ4n) is 4.78. The van der Waals surface area contributed by atoms with Crippen molar-refractivity contribution in [3.63, 3.8) is 0 Å². The Kier molecular flexibility index (Phi) is 4.43. The smallest absolute Gasteiger partial charge is 0.230 e. The predicted octanol–water partition coefficient (Wildman–Crippen LogP) is 0.756. The van der Waals surface area contributed by atoms with Crippen LogP contribution in [0, 0.1) is 18.8 Å². The van der Waals surface area contributed by atoms with Gasteiger partial charge < -0.3 is 19.1 Å². The summed E-state index contributed by atoms with van der Waals surface area (Å²) in [4.78, 5) is 38.3. The number of hydrogen-bond acceptors (Lipinski definition) is 7. The molecule has 2 aromatic rings. The maximum Gasteiger partial charge on any atom is 0.230 e. The standard InChI is InChI=1S/C21H23N5O4/c1-13-23-16(24-30-13)6-9-25(2)19(27)17-15-5-7-21(29-15)12-26(20(28)18(17)21)11-14-4-3-8-22-10-14/h3-5,7-8,10,15,17-18H,6,9,11-12H2,1-2H3/t15-,17-,18+,21-/m0/s1. The third-order valence-electron chi connectivity index (χ3n) is 6.18. The van der Waals surface area contributed by atoms with Gasteiger partial charge in [-0.25, -0.2) is 0 Å². The summed E-state index contributed by atoms with van der Waals surface area (Å²) in [6.07, 6.45) is 7.48. The topological polar surface area (TPSA) is 102 Å². The van der Waals surface area contributed by atoms with Gasteiger partial charge in [0.2, 0.25) is 17.7 Å². The molecule has 2 amide bonds. The third kappa shape index (κ3) is 3.00. The predicted molar refractivity (Wildman–Crippen MR) is 104 cm³/mol. The zero-order valence-corrected chi connectivity index (χ0v) is 16.9. The van der Waals surface area contributed by atoms with Crippen molar-refractivity contribution in [1.82, 2.24) is 24.9 Å². The van der Waals surface area contributed by atoms with Crippen LogP contribution in [0.25, 0.3) is 0 Å². The lowest BCUT2D eigenvalue weighted by Gasteiger charge is -2.27. The Hall–Kier alpha value is -3.07. The van der Waals surface area contributed by atoms with Gasteiger partial charge >= 0.3 is 0 Å². The summed E-state index contributed by atoms with van der Waals surface area (Å²) >= 11 is 0. The first-order valence-electron chi connectivity index (χ1n) is 10.1. The first-order chi connectivity index (χ1) is 14.5. The van der Waals surface area contributed by atoms with E-state index >= 15 is 0 Å². The van der Waals surface area contributed by atoms with E-state index in [2.05, 4.69) is 15.1 Å². The van der Waals surface area contributed by atoms with Gasteiger partial charge in [0.15, 0.2) is 5.82 Å². The molecule has 2 bridgehead atoms. The fourth-order valence-corrected chi connectivity index (χ4v) is 4.78. The van der Waals surface area contributed by atoms with Gasteiger partial charge in [-0.05, 0) is 11.6 Å². The van der Waals surface area contributed by atoms with Crippen LogP contribution in [0.3, 0.4) is 0 Å². The fraction of sp³-hybridized carbons (Fsp3) is 0.476. The van der Waals surface area contributed by atoms with Gasteiger partial charge in [-0.15, -0.1) is 0 Å². The highest BCUT2D eigenvalue weighted by atomic mass is 16.5. The highest BCUT2D eigenvalue weighted by Gasteiger charge is 2.67. The SMILES string of the molecule is Cc1nc(CCN(C)C(=O)[C@H]2[C@@H]3C=C[C@@]4(CN(Cc5cccnc5)C(=O)[C@@H]24)O3)no1. The molecule has 1 spiro atoms. The lowest BCUT2D eigenvalue weighted by atomic mass is 9.76. The van der Waals surface area contributed by atoms with Gasteiger partial charge in [-0.3, -0.25) is 14.6 Å². The largest absolute Gasteiger partial charge is 0.360 e. The molecule has 0 aromatic carbocycles. The monoisotopic (exact) mass is 409 g/mol. The lowest BCUT2D eigenvalue weighted by molar-refractivity contribution is -0.142. The number of likely N-dealkylation sites (N-methyl/N-ethyl adjacent to an activating group) is 1. The van der Waals surface area contributed by atoms with Crippen molar-refractivity contribution >= 4 is 11.8 Å². The van der Waals surface area contributed by atoms with Crippen molar-refractivity contribution in [3.05, 3.63) is 54.0 Å². The van der Waals surface area contributed by atoms with Crippen LogP contribution >= 0.6 is 0 Å². The number of fused-ring (bicyclic) bond motifs is 1. The average Bonchev–Trinajstić information content (AvgIpc) is 3.48. The molecule has 9 heteroatoms. The van der Waals surface area contributed by atoms with Gasteiger partial charge in [0.1, 0.15) is 5.60 Å². The molecule has 0 saturated carbocycles. The molecule has 3 aliphatic rings. The number of carbonyl (C=O) groups excluding carboxylic acids is 2. The minimum atomic E-state index is -0.712. The molecular formula is C21H23N5O4. The van der Waals surface area contributed by atoms with Crippen molar-refractivity contribution in [1.29, 1.82) is 0 Å². The molecule has 2 fully saturated rings. The molecule has 0 N–H and O–H groups in total. The summed E-state index contributed by atoms with van der Waals surface area (Å²) in [6, 6.07) is 3.79. The van der Waals surface area contributed by atoms with Crippen LogP contribution < -0.4 is 0 Å². The molecule has 9 nitrogen and oxygen atoms in total. The van der Waals surface area contributed by atoms with Crippen molar-refractivity contribution in [2.45, 2.75) is 31.6 Å². The Morgan fingerprint density at radius 2 is 2.30 bits per heavy atom. The Balaban J connectivity index is 1.31. The molecule has 5 heterocycles. The highest BCUT2D eigenvalue weighted by molar-refractivity contribution is 5.93. The van der Waals surface area contributed by atoms with Crippen LogP contribution in [0.2, 0.25) is 0 Å². The van der Waals surface area contributed by atoms with Crippen molar-refractivity contribution < 1.29 is 18.8 Å². The quantitative estimate of drug-likeness (QED) is 0.649. The summed E-state index contributed by atoms with van der Waals surface area (Å²) < 4.78 is 11.2. The van der Waals surface area contributed by atoms with Gasteiger partial charge in [-0.1, -0.05) is 23.4 Å². The van der Waals surface area contributed by atoms with Crippen LogP contribution in [0.4, 0.5) is 0 Å². The Bertz CT molecular complexity index is 1010. The molecule has 3 aliphatic heterocycles. The number of hydrogen-bond donors (Lipinski definition) is 0. The Labute approximate surface area is 173 Å². The zero-order valence-electron chi connectivity index (χ0n) is 16.9. The molecule has 156 valence electrons. The van der Waals surface area contributed by atoms with E-state index in [9.17, 15) is 9.59 Å². The molecule has 0 unspecified atom stereocenters. The van der Waals surface area contributed by atoms with E-state index in [1.54, 1.807) is 36.2 Å². The first-order valence-corrected chi connectivity index (χ1v) is 10.1.